The lowest BCUT2D eigenvalue weighted by Crippen LogP contribution is -2.48. The first-order valence-electron chi connectivity index (χ1n) is 8.12. The number of benzene rings is 1. The predicted octanol–water partition coefficient (Wildman–Crippen LogP) is 3.02. The first-order chi connectivity index (χ1) is 11.1. The fraction of sp³-hybridized carbons (Fsp3) is 0.588. The molecule has 0 aromatic heterocycles. The van der Waals surface area contributed by atoms with Crippen molar-refractivity contribution < 1.29 is 14.3 Å². The van der Waals surface area contributed by atoms with E-state index in [4.69, 9.17) is 21.1 Å². The van der Waals surface area contributed by atoms with Crippen LogP contribution in [0.15, 0.2) is 24.3 Å². The summed E-state index contributed by atoms with van der Waals surface area (Å²) in [5, 5.41) is 3.64. The molecule has 6 heteroatoms. The molecule has 5 nitrogen and oxygen atoms in total. The van der Waals surface area contributed by atoms with E-state index >= 15 is 0 Å². The number of urea groups is 1. The zero-order valence-corrected chi connectivity index (χ0v) is 14.1. The lowest BCUT2D eigenvalue weighted by Gasteiger charge is -2.39. The minimum Gasteiger partial charge on any atom is -0.348 e. The van der Waals surface area contributed by atoms with E-state index < -0.39 is 5.79 Å². The van der Waals surface area contributed by atoms with Gasteiger partial charge in [-0.1, -0.05) is 23.7 Å². The summed E-state index contributed by atoms with van der Waals surface area (Å²) in [7, 11) is 0. The molecular formula is C17H23ClN2O3. The molecule has 0 saturated carbocycles. The van der Waals surface area contributed by atoms with Gasteiger partial charge in [0.2, 0.25) is 0 Å². The van der Waals surface area contributed by atoms with Crippen molar-refractivity contribution >= 4 is 17.6 Å². The molecule has 2 aliphatic rings. The zero-order chi connectivity index (χ0) is 16.3. The smallest absolute Gasteiger partial charge is 0.317 e. The predicted molar refractivity (Wildman–Crippen MR) is 88.3 cm³/mol. The molecule has 3 rings (SSSR count). The Balaban J connectivity index is 1.46. The molecule has 1 N–H and O–H groups in total. The maximum Gasteiger partial charge on any atom is 0.317 e. The molecule has 2 saturated heterocycles. The molecule has 2 fully saturated rings. The second kappa shape index (κ2) is 7.07. The number of nitrogens with one attached hydrogen (secondary N) is 1. The third kappa shape index (κ3) is 3.97. The van der Waals surface area contributed by atoms with Crippen molar-refractivity contribution in [1.29, 1.82) is 0 Å². The van der Waals surface area contributed by atoms with E-state index in [1.807, 2.05) is 36.1 Å². The first-order valence-corrected chi connectivity index (χ1v) is 8.50. The van der Waals surface area contributed by atoms with Crippen molar-refractivity contribution in [2.45, 2.75) is 32.1 Å². The Hall–Kier alpha value is -1.30. The van der Waals surface area contributed by atoms with Gasteiger partial charge in [-0.25, -0.2) is 4.79 Å². The Morgan fingerprint density at radius 3 is 2.70 bits per heavy atom. The minimum absolute atomic E-state index is 0.0261. The maximum absolute atomic E-state index is 12.3. The summed E-state index contributed by atoms with van der Waals surface area (Å²) in [5.41, 5.74) is 1.00. The van der Waals surface area contributed by atoms with Crippen LogP contribution in [0.5, 0.6) is 0 Å². The lowest BCUT2D eigenvalue weighted by molar-refractivity contribution is -0.189. The number of halogens is 1. The number of ether oxygens (including phenoxy) is 2. The molecule has 0 spiro atoms. The summed E-state index contributed by atoms with van der Waals surface area (Å²) in [6, 6.07) is 7.50. The quantitative estimate of drug-likeness (QED) is 0.921. The summed E-state index contributed by atoms with van der Waals surface area (Å²) < 4.78 is 11.5. The van der Waals surface area contributed by atoms with Gasteiger partial charge in [0.05, 0.1) is 13.2 Å². The third-order valence-corrected chi connectivity index (χ3v) is 4.95. The highest BCUT2D eigenvalue weighted by Gasteiger charge is 2.41. The zero-order valence-electron chi connectivity index (χ0n) is 13.4. The first kappa shape index (κ1) is 16.6. The van der Waals surface area contributed by atoms with Gasteiger partial charge in [-0.05, 0) is 37.5 Å². The van der Waals surface area contributed by atoms with Crippen molar-refractivity contribution in [2.24, 2.45) is 5.92 Å². The molecule has 0 radical (unpaired) electrons. The van der Waals surface area contributed by atoms with Crippen molar-refractivity contribution in [1.82, 2.24) is 10.2 Å². The van der Waals surface area contributed by atoms with Crippen LogP contribution in [0.1, 0.15) is 25.3 Å². The summed E-state index contributed by atoms with van der Waals surface area (Å²) in [4.78, 5) is 14.1. The topological polar surface area (TPSA) is 50.8 Å². The maximum atomic E-state index is 12.3. The van der Waals surface area contributed by atoms with E-state index in [2.05, 4.69) is 5.32 Å². The van der Waals surface area contributed by atoms with Gasteiger partial charge in [0, 0.05) is 30.6 Å². The van der Waals surface area contributed by atoms with E-state index in [-0.39, 0.29) is 6.03 Å². The summed E-state index contributed by atoms with van der Waals surface area (Å²) in [6.07, 6.45) is 1.81. The minimum atomic E-state index is -0.469. The Bertz CT molecular complexity index is 553. The van der Waals surface area contributed by atoms with Crippen LogP contribution in [0.3, 0.4) is 0 Å². The van der Waals surface area contributed by atoms with Crippen LogP contribution >= 0.6 is 11.6 Å². The van der Waals surface area contributed by atoms with Gasteiger partial charge in [-0.2, -0.15) is 0 Å². The molecule has 23 heavy (non-hydrogen) atoms. The van der Waals surface area contributed by atoms with Gasteiger partial charge >= 0.3 is 6.03 Å². The SMILES string of the molecule is CC1(C2CCN(C(=O)NCc3cccc(Cl)c3)CC2)OCCO1. The molecule has 0 atom stereocenters. The van der Waals surface area contributed by atoms with Crippen LogP contribution in [0, 0.1) is 5.92 Å². The number of likely N-dealkylation sites (tertiary alicyclic amines) is 1. The van der Waals surface area contributed by atoms with E-state index in [1.54, 1.807) is 0 Å². The lowest BCUT2D eigenvalue weighted by atomic mass is 9.89. The second-order valence-corrected chi connectivity index (χ2v) is 6.70. The van der Waals surface area contributed by atoms with Gasteiger partial charge in [0.1, 0.15) is 0 Å². The highest BCUT2D eigenvalue weighted by molar-refractivity contribution is 6.30. The highest BCUT2D eigenvalue weighted by atomic mass is 35.5. The molecular weight excluding hydrogens is 316 g/mol. The van der Waals surface area contributed by atoms with Crippen LogP contribution in [-0.4, -0.2) is 43.0 Å². The summed E-state index contributed by atoms with van der Waals surface area (Å²) >= 11 is 5.95. The molecule has 0 unspecified atom stereocenters. The second-order valence-electron chi connectivity index (χ2n) is 6.26. The molecule has 2 heterocycles. The van der Waals surface area contributed by atoms with Crippen molar-refractivity contribution in [3.63, 3.8) is 0 Å². The molecule has 2 aliphatic heterocycles. The number of hydrogen-bond acceptors (Lipinski definition) is 3. The number of carbonyl (C=O) groups excluding carboxylic acids is 1. The molecule has 126 valence electrons. The Kier molecular flexibility index (Phi) is 5.09. The van der Waals surface area contributed by atoms with Crippen LogP contribution in [-0.2, 0) is 16.0 Å². The Morgan fingerprint density at radius 1 is 1.35 bits per heavy atom. The largest absolute Gasteiger partial charge is 0.348 e. The van der Waals surface area contributed by atoms with E-state index in [1.165, 1.54) is 0 Å². The number of carbonyl (C=O) groups is 1. The number of nitrogens with zero attached hydrogens (tertiary/aromatic N) is 1. The van der Waals surface area contributed by atoms with E-state index in [0.717, 1.165) is 31.5 Å². The summed E-state index contributed by atoms with van der Waals surface area (Å²) in [5.74, 6) is -0.120. The van der Waals surface area contributed by atoms with Crippen LogP contribution in [0.4, 0.5) is 4.79 Å². The molecule has 0 bridgehead atoms. The molecule has 2 amide bonds. The van der Waals surface area contributed by atoms with Crippen LogP contribution in [0.25, 0.3) is 0 Å². The van der Waals surface area contributed by atoms with E-state index in [9.17, 15) is 4.79 Å². The van der Waals surface area contributed by atoms with Gasteiger partial charge in [-0.3, -0.25) is 0 Å². The van der Waals surface area contributed by atoms with Crippen molar-refractivity contribution in [2.75, 3.05) is 26.3 Å². The monoisotopic (exact) mass is 338 g/mol. The number of piperidine rings is 1. The van der Waals surface area contributed by atoms with Crippen LogP contribution in [0.2, 0.25) is 5.02 Å². The van der Waals surface area contributed by atoms with Crippen LogP contribution < -0.4 is 5.32 Å². The average Bonchev–Trinajstić information content (AvgIpc) is 3.01. The van der Waals surface area contributed by atoms with Gasteiger partial charge in [0.25, 0.3) is 0 Å². The highest BCUT2D eigenvalue weighted by Crippen LogP contribution is 2.34. The fourth-order valence-corrected chi connectivity index (χ4v) is 3.52. The standard InChI is InChI=1S/C17H23ClN2O3/c1-17(22-9-10-23-17)14-5-7-20(8-6-14)16(21)19-12-13-3-2-4-15(18)11-13/h2-4,11,14H,5-10,12H2,1H3,(H,19,21). The Morgan fingerprint density at radius 2 is 2.04 bits per heavy atom. The number of amides is 2. The fourth-order valence-electron chi connectivity index (χ4n) is 3.31. The number of hydrogen-bond donors (Lipinski definition) is 1. The van der Waals surface area contributed by atoms with Crippen molar-refractivity contribution in [3.05, 3.63) is 34.9 Å². The molecule has 0 aliphatic carbocycles. The third-order valence-electron chi connectivity index (χ3n) is 4.72. The van der Waals surface area contributed by atoms with Crippen molar-refractivity contribution in [3.8, 4) is 0 Å². The van der Waals surface area contributed by atoms with Gasteiger partial charge in [0.15, 0.2) is 5.79 Å². The van der Waals surface area contributed by atoms with Gasteiger partial charge in [-0.15, -0.1) is 0 Å². The summed E-state index contributed by atoms with van der Waals surface area (Å²) in [6.45, 7) is 5.29. The normalized spacial score (nSPS) is 21.4. The average molecular weight is 339 g/mol. The Labute approximate surface area is 141 Å². The van der Waals surface area contributed by atoms with E-state index in [0.29, 0.717) is 30.7 Å². The number of rotatable bonds is 3. The molecule has 1 aromatic carbocycles. The van der Waals surface area contributed by atoms with Gasteiger partial charge < -0.3 is 19.7 Å². The molecule has 1 aromatic rings.